The molecule has 1 fully saturated rings. The fourth-order valence-electron chi connectivity index (χ4n) is 5.09. The number of rotatable bonds is 8. The van der Waals surface area contributed by atoms with Crippen LogP contribution in [0, 0.1) is 11.8 Å². The van der Waals surface area contributed by atoms with Crippen molar-refractivity contribution in [2.75, 3.05) is 33.7 Å². The van der Waals surface area contributed by atoms with Crippen molar-refractivity contribution in [2.45, 2.75) is 5.92 Å². The summed E-state index contributed by atoms with van der Waals surface area (Å²) in [5, 5.41) is 0. The molecule has 190 valence electrons. The van der Waals surface area contributed by atoms with Crippen LogP contribution < -0.4 is 5.73 Å². The van der Waals surface area contributed by atoms with Gasteiger partial charge in [0, 0.05) is 61.6 Å². The lowest BCUT2D eigenvalue weighted by Gasteiger charge is -2.43. The van der Waals surface area contributed by atoms with E-state index in [0.29, 0.717) is 35.3 Å². The summed E-state index contributed by atoms with van der Waals surface area (Å²) in [4.78, 5) is 55.9. The molecule has 0 bridgehead atoms. The molecule has 0 saturated carbocycles. The van der Waals surface area contributed by atoms with E-state index in [0.717, 1.165) is 0 Å². The number of hydrogen-bond donors (Lipinski definition) is 1. The van der Waals surface area contributed by atoms with Gasteiger partial charge in [-0.25, -0.2) is 0 Å². The number of carbonyl (C=O) groups excluding carboxylic acids is 4. The molecule has 2 amide bonds. The van der Waals surface area contributed by atoms with Gasteiger partial charge in [-0.3, -0.25) is 24.1 Å². The third kappa shape index (κ3) is 5.84. The highest BCUT2D eigenvalue weighted by atomic mass is 16.2. The first kappa shape index (κ1) is 26.0. The Morgan fingerprint density at radius 3 is 1.70 bits per heavy atom. The van der Waals surface area contributed by atoms with Gasteiger partial charge in [0.05, 0.1) is 6.54 Å². The minimum atomic E-state index is -0.619. The third-order valence-electron chi connectivity index (χ3n) is 6.98. The van der Waals surface area contributed by atoms with Gasteiger partial charge in [-0.15, -0.1) is 0 Å². The van der Waals surface area contributed by atoms with Crippen LogP contribution in [0.5, 0.6) is 0 Å². The van der Waals surface area contributed by atoms with Crippen LogP contribution in [-0.4, -0.2) is 66.9 Å². The lowest BCUT2D eigenvalue weighted by molar-refractivity contribution is -0.130. The number of likely N-dealkylation sites (N-methyl/N-ethyl adjacent to an activating group) is 1. The Balaban J connectivity index is 1.84. The maximum absolute atomic E-state index is 13.9. The zero-order chi connectivity index (χ0) is 26.5. The fraction of sp³-hybridized carbons (Fsp3) is 0.267. The summed E-state index contributed by atoms with van der Waals surface area (Å²) in [5.41, 5.74) is 7.67. The van der Waals surface area contributed by atoms with Crippen LogP contribution in [0.15, 0.2) is 84.9 Å². The lowest BCUT2D eigenvalue weighted by atomic mass is 9.68. The molecule has 0 aliphatic carbocycles. The largest absolute Gasteiger partial charge is 0.366 e. The first-order valence-corrected chi connectivity index (χ1v) is 12.3. The average Bonchev–Trinajstić information content (AvgIpc) is 2.92. The molecule has 0 radical (unpaired) electrons. The zero-order valence-electron chi connectivity index (χ0n) is 21.0. The second-order valence-corrected chi connectivity index (χ2v) is 9.67. The molecule has 1 unspecified atom stereocenters. The maximum Gasteiger partial charge on any atom is 0.248 e. The van der Waals surface area contributed by atoms with Crippen molar-refractivity contribution >= 4 is 23.4 Å². The van der Waals surface area contributed by atoms with Crippen LogP contribution >= 0.6 is 0 Å². The number of benzene rings is 3. The quantitative estimate of drug-likeness (QED) is 0.482. The van der Waals surface area contributed by atoms with E-state index in [2.05, 4.69) is 0 Å². The molecule has 4 rings (SSSR count). The smallest absolute Gasteiger partial charge is 0.248 e. The van der Waals surface area contributed by atoms with E-state index in [9.17, 15) is 19.2 Å². The number of hydrogen-bond acceptors (Lipinski definition) is 5. The van der Waals surface area contributed by atoms with Crippen LogP contribution in [0.4, 0.5) is 0 Å². The first-order chi connectivity index (χ1) is 17.8. The molecule has 1 aliphatic rings. The van der Waals surface area contributed by atoms with Crippen LogP contribution in [0.25, 0.3) is 0 Å². The van der Waals surface area contributed by atoms with Gasteiger partial charge in [-0.2, -0.15) is 0 Å². The predicted octanol–water partition coefficient (Wildman–Crippen LogP) is 3.27. The van der Waals surface area contributed by atoms with Crippen LogP contribution in [0.2, 0.25) is 0 Å². The van der Waals surface area contributed by atoms with Crippen molar-refractivity contribution in [3.63, 3.8) is 0 Å². The number of carbonyl (C=O) groups is 4. The number of ketones is 2. The van der Waals surface area contributed by atoms with Crippen molar-refractivity contribution in [1.29, 1.82) is 0 Å². The highest BCUT2D eigenvalue weighted by molar-refractivity contribution is 6.02. The van der Waals surface area contributed by atoms with E-state index in [1.165, 1.54) is 4.90 Å². The van der Waals surface area contributed by atoms with Crippen LogP contribution in [0.1, 0.15) is 42.6 Å². The van der Waals surface area contributed by atoms with Crippen LogP contribution in [0.3, 0.4) is 0 Å². The summed E-state index contributed by atoms with van der Waals surface area (Å²) in [6.45, 7) is 0.701. The summed E-state index contributed by atoms with van der Waals surface area (Å²) in [6, 6.07) is 24.8. The Labute approximate surface area is 216 Å². The summed E-state index contributed by atoms with van der Waals surface area (Å²) >= 11 is 0. The fourth-order valence-corrected chi connectivity index (χ4v) is 5.09. The molecule has 7 heteroatoms. The van der Waals surface area contributed by atoms with Gasteiger partial charge in [0.1, 0.15) is 0 Å². The van der Waals surface area contributed by atoms with Crippen molar-refractivity contribution in [3.8, 4) is 0 Å². The monoisotopic (exact) mass is 497 g/mol. The van der Waals surface area contributed by atoms with E-state index in [-0.39, 0.29) is 24.0 Å². The number of primary amides is 1. The molecule has 1 saturated heterocycles. The number of amides is 2. The molecule has 37 heavy (non-hydrogen) atoms. The third-order valence-corrected chi connectivity index (χ3v) is 6.98. The van der Waals surface area contributed by atoms with Crippen molar-refractivity contribution in [1.82, 2.24) is 9.80 Å². The topological polar surface area (TPSA) is 101 Å². The average molecular weight is 498 g/mol. The zero-order valence-corrected chi connectivity index (χ0v) is 21.0. The SMILES string of the molecule is CN(C)C(=O)CN1C[C@H](C(=O)c2ccccc2)C(c2cccc(C(N)=O)c2)[C@H](C(=O)c2ccccc2)C1. The Hall–Kier alpha value is -4.10. The van der Waals surface area contributed by atoms with E-state index in [1.807, 2.05) is 23.1 Å². The normalized spacial score (nSPS) is 19.7. The standard InChI is InChI=1S/C30H31N3O4/c1-32(2)26(34)19-33-17-24(28(35)20-10-5-3-6-11-20)27(22-14-9-15-23(16-22)30(31)37)25(18-33)29(36)21-12-7-4-8-13-21/h3-16,24-25,27H,17-19H2,1-2H3,(H2,31,37)/t24-,25+,27?. The molecular formula is C30H31N3O4. The highest BCUT2D eigenvalue weighted by Gasteiger charge is 2.45. The maximum atomic E-state index is 13.9. The second-order valence-electron chi connectivity index (χ2n) is 9.67. The van der Waals surface area contributed by atoms with E-state index in [1.54, 1.807) is 80.8 Å². The van der Waals surface area contributed by atoms with E-state index >= 15 is 0 Å². The summed E-state index contributed by atoms with van der Waals surface area (Å²) in [6.07, 6.45) is 0. The molecule has 2 N–H and O–H groups in total. The van der Waals surface area contributed by atoms with Gasteiger partial charge in [0.25, 0.3) is 0 Å². The number of Topliss-reactive ketones (excluding diaryl/α,β-unsaturated/α-hetero) is 2. The van der Waals surface area contributed by atoms with Gasteiger partial charge in [-0.05, 0) is 17.7 Å². The molecule has 7 nitrogen and oxygen atoms in total. The van der Waals surface area contributed by atoms with Gasteiger partial charge in [0.15, 0.2) is 11.6 Å². The minimum absolute atomic E-state index is 0.0954. The molecular weight excluding hydrogens is 466 g/mol. The molecule has 0 aromatic heterocycles. The Kier molecular flexibility index (Phi) is 7.94. The van der Waals surface area contributed by atoms with Gasteiger partial charge < -0.3 is 10.6 Å². The van der Waals surface area contributed by atoms with Gasteiger partial charge in [0.2, 0.25) is 11.8 Å². The number of nitrogens with two attached hydrogens (primary N) is 1. The first-order valence-electron chi connectivity index (χ1n) is 12.3. The molecule has 3 atom stereocenters. The number of likely N-dealkylation sites (tertiary alicyclic amines) is 1. The predicted molar refractivity (Wildman–Crippen MR) is 141 cm³/mol. The van der Waals surface area contributed by atoms with Gasteiger partial charge >= 0.3 is 0 Å². The Morgan fingerprint density at radius 1 is 0.757 bits per heavy atom. The molecule has 3 aromatic carbocycles. The number of nitrogens with zero attached hydrogens (tertiary/aromatic N) is 2. The van der Waals surface area contributed by atoms with E-state index in [4.69, 9.17) is 5.73 Å². The summed E-state index contributed by atoms with van der Waals surface area (Å²) in [5.74, 6) is -2.64. The number of piperidine rings is 1. The second kappa shape index (κ2) is 11.3. The van der Waals surface area contributed by atoms with Gasteiger partial charge in [-0.1, -0.05) is 72.8 Å². The van der Waals surface area contributed by atoms with Crippen LogP contribution in [-0.2, 0) is 4.79 Å². The summed E-state index contributed by atoms with van der Waals surface area (Å²) < 4.78 is 0. The molecule has 3 aromatic rings. The Morgan fingerprint density at radius 2 is 1.24 bits per heavy atom. The van der Waals surface area contributed by atoms with Crippen molar-refractivity contribution in [2.24, 2.45) is 17.6 Å². The van der Waals surface area contributed by atoms with Crippen molar-refractivity contribution < 1.29 is 19.2 Å². The Bertz CT molecular complexity index is 1230. The minimum Gasteiger partial charge on any atom is -0.366 e. The summed E-state index contributed by atoms with van der Waals surface area (Å²) in [7, 11) is 3.37. The lowest BCUT2D eigenvalue weighted by Crippen LogP contribution is -2.52. The highest BCUT2D eigenvalue weighted by Crippen LogP contribution is 2.41. The van der Waals surface area contributed by atoms with E-state index < -0.39 is 23.7 Å². The molecule has 1 aliphatic heterocycles. The van der Waals surface area contributed by atoms with Crippen molar-refractivity contribution in [3.05, 3.63) is 107 Å². The molecule has 1 heterocycles. The molecule has 0 spiro atoms.